The Hall–Kier alpha value is -4.53. The van der Waals surface area contributed by atoms with Gasteiger partial charge in [-0.3, -0.25) is 9.36 Å². The molecule has 0 fully saturated rings. The first-order chi connectivity index (χ1) is 16.0. The van der Waals surface area contributed by atoms with E-state index in [1.54, 1.807) is 23.0 Å². The molecule has 5 rings (SSSR count). The second-order valence-electron chi connectivity index (χ2n) is 7.49. The van der Waals surface area contributed by atoms with E-state index >= 15 is 0 Å². The average molecular weight is 443 g/mol. The minimum atomic E-state index is -0.297. The van der Waals surface area contributed by atoms with Gasteiger partial charge < -0.3 is 25.4 Å². The summed E-state index contributed by atoms with van der Waals surface area (Å²) in [6.45, 7) is 0. The predicted octanol–water partition coefficient (Wildman–Crippen LogP) is 3.64. The molecule has 0 atom stereocenters. The monoisotopic (exact) mass is 443 g/mol. The molecule has 0 unspecified atom stereocenters. The summed E-state index contributed by atoms with van der Waals surface area (Å²) >= 11 is 0. The van der Waals surface area contributed by atoms with Gasteiger partial charge in [0.15, 0.2) is 17.1 Å². The summed E-state index contributed by atoms with van der Waals surface area (Å²) in [7, 11) is 3.06. The maximum Gasteiger partial charge on any atom is 0.298 e. The van der Waals surface area contributed by atoms with Crippen molar-refractivity contribution >= 4 is 39.5 Å². The Kier molecular flexibility index (Phi) is 4.86. The Balaban J connectivity index is 1.66. The van der Waals surface area contributed by atoms with Crippen molar-refractivity contribution in [3.8, 4) is 11.5 Å². The van der Waals surface area contributed by atoms with E-state index in [0.29, 0.717) is 34.5 Å². The summed E-state index contributed by atoms with van der Waals surface area (Å²) in [5.41, 5.74) is 14.4. The van der Waals surface area contributed by atoms with Crippen molar-refractivity contribution in [1.82, 2.24) is 14.5 Å². The van der Waals surface area contributed by atoms with Gasteiger partial charge in [-0.25, -0.2) is 4.98 Å². The quantitative estimate of drug-likeness (QED) is 0.421. The molecule has 0 saturated heterocycles. The normalized spacial score (nSPS) is 11.2. The van der Waals surface area contributed by atoms with Gasteiger partial charge in [0.05, 0.1) is 19.7 Å². The number of hydrogen-bond donors (Lipinski definition) is 2. The summed E-state index contributed by atoms with van der Waals surface area (Å²) in [5.74, 6) is 1.12. The van der Waals surface area contributed by atoms with Gasteiger partial charge in [0.25, 0.3) is 5.91 Å². The lowest BCUT2D eigenvalue weighted by Crippen LogP contribution is -2.09. The van der Waals surface area contributed by atoms with E-state index in [4.69, 9.17) is 25.4 Å². The van der Waals surface area contributed by atoms with Gasteiger partial charge in [-0.15, -0.1) is 0 Å². The minimum Gasteiger partial charge on any atom is -0.493 e. The zero-order valence-corrected chi connectivity index (χ0v) is 18.0. The lowest BCUT2D eigenvalue weighted by atomic mass is 10.0. The first-order valence-electron chi connectivity index (χ1n) is 10.1. The van der Waals surface area contributed by atoms with Crippen LogP contribution < -0.4 is 20.9 Å². The molecule has 0 aliphatic heterocycles. The fraction of sp³-hybridized carbons (Fsp3) is 0.125. The van der Waals surface area contributed by atoms with Crippen LogP contribution in [0, 0.1) is 0 Å². The molecule has 9 nitrogen and oxygen atoms in total. The number of hydrogen-bond acceptors (Lipinski definition) is 8. The molecule has 5 aromatic rings. The van der Waals surface area contributed by atoms with Gasteiger partial charge in [0.2, 0.25) is 11.7 Å². The smallest absolute Gasteiger partial charge is 0.298 e. The van der Waals surface area contributed by atoms with Gasteiger partial charge in [-0.2, -0.15) is 4.98 Å². The lowest BCUT2D eigenvalue weighted by molar-refractivity contribution is 0.0939. The van der Waals surface area contributed by atoms with Gasteiger partial charge in [0, 0.05) is 35.2 Å². The Bertz CT molecular complexity index is 1520. The summed E-state index contributed by atoms with van der Waals surface area (Å²) < 4.78 is 18.7. The Labute approximate surface area is 188 Å². The van der Waals surface area contributed by atoms with Crippen LogP contribution in [0.15, 0.2) is 59.3 Å². The topological polar surface area (TPSA) is 131 Å². The molecular weight excluding hydrogens is 422 g/mol. The lowest BCUT2D eigenvalue weighted by Gasteiger charge is -2.12. The molecule has 3 aromatic heterocycles. The predicted molar refractivity (Wildman–Crippen MR) is 125 cm³/mol. The molecule has 0 aliphatic rings. The maximum absolute atomic E-state index is 13.3. The van der Waals surface area contributed by atoms with Crippen molar-refractivity contribution in [3.05, 3.63) is 71.7 Å². The number of fused-ring (bicyclic) bond motifs is 2. The Morgan fingerprint density at radius 1 is 1.09 bits per heavy atom. The number of nitrogens with two attached hydrogens (primary N) is 2. The summed E-state index contributed by atoms with van der Waals surface area (Å²) in [6, 6.07) is 13.1. The number of nitrogen functional groups attached to an aromatic ring is 2. The van der Waals surface area contributed by atoms with Gasteiger partial charge >= 0.3 is 0 Å². The molecule has 0 bridgehead atoms. The SMILES string of the molecule is COc1cc(Cc2cnc(N)nc2N)c2cc(C(=O)n3ccc4ccccc43)oc2c1OC. The van der Waals surface area contributed by atoms with Crippen LogP contribution in [-0.2, 0) is 6.42 Å². The number of nitrogens with zero attached hydrogens (tertiary/aromatic N) is 3. The van der Waals surface area contributed by atoms with E-state index < -0.39 is 0 Å². The first kappa shape index (κ1) is 20.4. The van der Waals surface area contributed by atoms with E-state index in [9.17, 15) is 4.79 Å². The maximum atomic E-state index is 13.3. The van der Waals surface area contributed by atoms with Gasteiger partial charge in [-0.1, -0.05) is 18.2 Å². The highest BCUT2D eigenvalue weighted by atomic mass is 16.5. The highest BCUT2D eigenvalue weighted by Gasteiger charge is 2.23. The molecule has 4 N–H and O–H groups in total. The molecule has 0 spiro atoms. The third-order valence-corrected chi connectivity index (χ3v) is 5.56. The Morgan fingerprint density at radius 3 is 2.67 bits per heavy atom. The number of para-hydroxylation sites is 1. The summed E-state index contributed by atoms with van der Waals surface area (Å²) in [6.07, 6.45) is 3.69. The largest absolute Gasteiger partial charge is 0.493 e. The third kappa shape index (κ3) is 3.39. The molecule has 166 valence electrons. The van der Waals surface area contributed by atoms with Crippen LogP contribution in [-0.4, -0.2) is 34.7 Å². The summed E-state index contributed by atoms with van der Waals surface area (Å²) in [4.78, 5) is 21.4. The highest BCUT2D eigenvalue weighted by Crippen LogP contribution is 2.40. The van der Waals surface area contributed by atoms with E-state index in [0.717, 1.165) is 16.5 Å². The fourth-order valence-corrected chi connectivity index (χ4v) is 3.96. The molecular formula is C24H21N5O4. The number of furan rings is 1. The standard InChI is InChI=1S/C24H21N5O4/c1-31-18-10-14(9-15-12-27-24(26)28-22(15)25)16-11-19(33-20(16)21(18)32-2)23(30)29-8-7-13-5-3-4-6-17(13)29/h3-8,10-12H,9H2,1-2H3,(H4,25,26,27,28). The number of anilines is 2. The Morgan fingerprint density at radius 2 is 1.91 bits per heavy atom. The fourth-order valence-electron chi connectivity index (χ4n) is 3.96. The number of aromatic nitrogens is 3. The van der Waals surface area contributed by atoms with E-state index in [2.05, 4.69) is 9.97 Å². The van der Waals surface area contributed by atoms with E-state index in [1.165, 1.54) is 14.2 Å². The minimum absolute atomic E-state index is 0.101. The van der Waals surface area contributed by atoms with Crippen LogP contribution in [0.4, 0.5) is 11.8 Å². The number of benzene rings is 2. The summed E-state index contributed by atoms with van der Waals surface area (Å²) in [5, 5.41) is 1.66. The number of carbonyl (C=O) groups is 1. The molecule has 2 aromatic carbocycles. The van der Waals surface area contributed by atoms with Crippen molar-refractivity contribution in [2.75, 3.05) is 25.7 Å². The highest BCUT2D eigenvalue weighted by molar-refractivity contribution is 6.04. The van der Waals surface area contributed by atoms with Crippen LogP contribution in [0.1, 0.15) is 21.7 Å². The first-order valence-corrected chi connectivity index (χ1v) is 10.1. The van der Waals surface area contributed by atoms with Crippen molar-refractivity contribution in [1.29, 1.82) is 0 Å². The third-order valence-electron chi connectivity index (χ3n) is 5.56. The molecule has 3 heterocycles. The molecule has 33 heavy (non-hydrogen) atoms. The van der Waals surface area contributed by atoms with Crippen molar-refractivity contribution in [2.45, 2.75) is 6.42 Å². The zero-order valence-electron chi connectivity index (χ0n) is 18.0. The molecule has 0 amide bonds. The van der Waals surface area contributed by atoms with Crippen LogP contribution in [0.3, 0.4) is 0 Å². The molecule has 0 radical (unpaired) electrons. The van der Waals surface area contributed by atoms with Gasteiger partial charge in [-0.05, 0) is 29.8 Å². The number of carbonyl (C=O) groups excluding carboxylic acids is 1. The van der Waals surface area contributed by atoms with Crippen LogP contribution >= 0.6 is 0 Å². The molecule has 0 saturated carbocycles. The molecule has 9 heteroatoms. The van der Waals surface area contributed by atoms with Crippen molar-refractivity contribution in [3.63, 3.8) is 0 Å². The van der Waals surface area contributed by atoms with Crippen molar-refractivity contribution in [2.24, 2.45) is 0 Å². The second-order valence-corrected chi connectivity index (χ2v) is 7.49. The van der Waals surface area contributed by atoms with Crippen LogP contribution in [0.25, 0.3) is 21.9 Å². The zero-order chi connectivity index (χ0) is 23.1. The van der Waals surface area contributed by atoms with Crippen LogP contribution in [0.2, 0.25) is 0 Å². The van der Waals surface area contributed by atoms with E-state index in [1.807, 2.05) is 36.4 Å². The second kappa shape index (κ2) is 7.86. The average Bonchev–Trinajstić information content (AvgIpc) is 3.45. The van der Waals surface area contributed by atoms with Crippen LogP contribution in [0.5, 0.6) is 11.5 Å². The number of rotatable bonds is 5. The van der Waals surface area contributed by atoms with Crippen molar-refractivity contribution < 1.29 is 18.7 Å². The van der Waals surface area contributed by atoms with E-state index in [-0.39, 0.29) is 23.4 Å². The van der Waals surface area contributed by atoms with Gasteiger partial charge in [0.1, 0.15) is 5.82 Å². The number of methoxy groups -OCH3 is 2. The number of ether oxygens (including phenoxy) is 2. The molecule has 0 aliphatic carbocycles.